The van der Waals surface area contributed by atoms with Crippen LogP contribution in [0.5, 0.6) is 0 Å². The van der Waals surface area contributed by atoms with Crippen molar-refractivity contribution in [3.05, 3.63) is 0 Å². The predicted molar refractivity (Wildman–Crippen MR) is 71.6 cm³/mol. The van der Waals surface area contributed by atoms with Gasteiger partial charge in [-0.25, -0.2) is 0 Å². The van der Waals surface area contributed by atoms with Crippen molar-refractivity contribution in [2.75, 3.05) is 13.1 Å². The molecule has 1 saturated heterocycles. The Morgan fingerprint density at radius 2 is 1.76 bits per heavy atom. The van der Waals surface area contributed by atoms with Gasteiger partial charge in [-0.05, 0) is 37.0 Å². The number of likely N-dealkylation sites (tertiary alicyclic amines) is 1. The van der Waals surface area contributed by atoms with E-state index in [2.05, 4.69) is 13.8 Å². The summed E-state index contributed by atoms with van der Waals surface area (Å²) in [6.45, 7) is 10.4. The summed E-state index contributed by atoms with van der Waals surface area (Å²) in [5.41, 5.74) is 5.92. The number of hydrogen-bond acceptors (Lipinski definition) is 2. The Bertz CT molecular complexity index is 243. The molecule has 1 atom stereocenters. The molecule has 1 rings (SSSR count). The molecule has 1 heterocycles. The van der Waals surface area contributed by atoms with E-state index in [1.807, 2.05) is 18.7 Å². The summed E-state index contributed by atoms with van der Waals surface area (Å²) >= 11 is 0. The van der Waals surface area contributed by atoms with E-state index in [1.54, 1.807) is 0 Å². The second-order valence-electron chi connectivity index (χ2n) is 6.17. The minimum absolute atomic E-state index is 0.142. The van der Waals surface area contributed by atoms with E-state index in [0.29, 0.717) is 0 Å². The van der Waals surface area contributed by atoms with E-state index in [-0.39, 0.29) is 17.9 Å². The average molecular weight is 240 g/mol. The first kappa shape index (κ1) is 14.5. The summed E-state index contributed by atoms with van der Waals surface area (Å²) in [6, 6.07) is -0.323. The van der Waals surface area contributed by atoms with Gasteiger partial charge in [0.25, 0.3) is 0 Å². The van der Waals surface area contributed by atoms with Gasteiger partial charge < -0.3 is 10.6 Å². The quantitative estimate of drug-likeness (QED) is 0.819. The molecule has 0 bridgehead atoms. The maximum atomic E-state index is 12.1. The Labute approximate surface area is 106 Å². The molecule has 1 amide bonds. The van der Waals surface area contributed by atoms with Crippen molar-refractivity contribution >= 4 is 5.91 Å². The molecule has 0 aromatic heterocycles. The van der Waals surface area contributed by atoms with Gasteiger partial charge >= 0.3 is 0 Å². The van der Waals surface area contributed by atoms with E-state index in [1.165, 1.54) is 6.42 Å². The van der Waals surface area contributed by atoms with Crippen LogP contribution in [0.15, 0.2) is 0 Å². The molecule has 0 aromatic carbocycles. The Morgan fingerprint density at radius 1 is 1.24 bits per heavy atom. The molecule has 0 aliphatic carbocycles. The lowest BCUT2D eigenvalue weighted by Gasteiger charge is -2.34. The van der Waals surface area contributed by atoms with Gasteiger partial charge in [0.2, 0.25) is 5.91 Å². The third-order valence-corrected chi connectivity index (χ3v) is 3.73. The first-order chi connectivity index (χ1) is 7.91. The summed E-state index contributed by atoms with van der Waals surface area (Å²) < 4.78 is 0. The molecule has 0 unspecified atom stereocenters. The molecule has 1 fully saturated rings. The van der Waals surface area contributed by atoms with Gasteiger partial charge in [-0.15, -0.1) is 0 Å². The van der Waals surface area contributed by atoms with E-state index in [0.717, 1.165) is 37.8 Å². The van der Waals surface area contributed by atoms with Gasteiger partial charge in [0.1, 0.15) is 0 Å². The number of piperidine rings is 1. The monoisotopic (exact) mass is 240 g/mol. The smallest absolute Gasteiger partial charge is 0.239 e. The number of carbonyl (C=O) groups is 1. The lowest BCUT2D eigenvalue weighted by Crippen LogP contribution is -2.49. The summed E-state index contributed by atoms with van der Waals surface area (Å²) in [5.74, 6) is 1.94. The van der Waals surface area contributed by atoms with Crippen molar-refractivity contribution in [2.24, 2.45) is 23.5 Å². The molecule has 3 nitrogen and oxygen atoms in total. The van der Waals surface area contributed by atoms with Crippen molar-refractivity contribution in [1.82, 2.24) is 4.90 Å². The minimum atomic E-state index is -0.323. The zero-order chi connectivity index (χ0) is 13.0. The van der Waals surface area contributed by atoms with Crippen LogP contribution in [0.1, 0.15) is 47.0 Å². The molecule has 3 heteroatoms. The van der Waals surface area contributed by atoms with Crippen LogP contribution in [0.2, 0.25) is 0 Å². The van der Waals surface area contributed by atoms with Crippen LogP contribution >= 0.6 is 0 Å². The number of carbonyl (C=O) groups excluding carboxylic acids is 1. The lowest BCUT2D eigenvalue weighted by molar-refractivity contribution is -0.135. The van der Waals surface area contributed by atoms with Crippen LogP contribution in [0.25, 0.3) is 0 Å². The maximum Gasteiger partial charge on any atom is 0.239 e. The zero-order valence-electron chi connectivity index (χ0n) is 11.8. The number of nitrogens with zero attached hydrogens (tertiary/aromatic N) is 1. The molecule has 1 aliphatic rings. The van der Waals surface area contributed by atoms with Crippen LogP contribution in [0, 0.1) is 17.8 Å². The van der Waals surface area contributed by atoms with Crippen molar-refractivity contribution in [2.45, 2.75) is 53.0 Å². The summed E-state index contributed by atoms with van der Waals surface area (Å²) in [6.07, 6.45) is 3.59. The summed E-state index contributed by atoms with van der Waals surface area (Å²) in [4.78, 5) is 14.0. The fraction of sp³-hybridized carbons (Fsp3) is 0.929. The number of rotatable bonds is 4. The highest BCUT2D eigenvalue weighted by Crippen LogP contribution is 2.24. The van der Waals surface area contributed by atoms with E-state index >= 15 is 0 Å². The molecule has 0 radical (unpaired) electrons. The number of hydrogen-bond donors (Lipinski definition) is 1. The molecule has 1 aliphatic heterocycles. The minimum Gasteiger partial charge on any atom is -0.341 e. The molecule has 0 saturated carbocycles. The molecule has 0 spiro atoms. The van der Waals surface area contributed by atoms with Crippen LogP contribution in [0.3, 0.4) is 0 Å². The first-order valence-electron chi connectivity index (χ1n) is 6.96. The first-order valence-corrected chi connectivity index (χ1v) is 6.96. The molecule has 2 N–H and O–H groups in total. The zero-order valence-corrected chi connectivity index (χ0v) is 11.8. The number of nitrogens with two attached hydrogens (primary N) is 1. The van der Waals surface area contributed by atoms with Crippen LogP contribution < -0.4 is 5.73 Å². The fourth-order valence-electron chi connectivity index (χ4n) is 2.55. The molecule has 17 heavy (non-hydrogen) atoms. The standard InChI is InChI=1S/C14H28N2O/c1-10(2)9-12-5-7-16(8-6-12)14(17)13(15)11(3)4/h10-13H,5-9,15H2,1-4H3/t13-/m0/s1. The van der Waals surface area contributed by atoms with Gasteiger partial charge in [-0.3, -0.25) is 4.79 Å². The third kappa shape index (κ3) is 4.30. The second kappa shape index (κ2) is 6.39. The molecular formula is C14H28N2O. The maximum absolute atomic E-state index is 12.1. The topological polar surface area (TPSA) is 46.3 Å². The molecule has 0 aromatic rings. The SMILES string of the molecule is CC(C)CC1CCN(C(=O)[C@@H](N)C(C)C)CC1. The van der Waals surface area contributed by atoms with Crippen molar-refractivity contribution in [3.63, 3.8) is 0 Å². The number of amides is 1. The van der Waals surface area contributed by atoms with Gasteiger partial charge in [0.05, 0.1) is 6.04 Å². The van der Waals surface area contributed by atoms with E-state index in [4.69, 9.17) is 5.73 Å². The van der Waals surface area contributed by atoms with Crippen LogP contribution in [-0.4, -0.2) is 29.9 Å². The van der Waals surface area contributed by atoms with Crippen LogP contribution in [-0.2, 0) is 4.79 Å². The molecular weight excluding hydrogens is 212 g/mol. The second-order valence-corrected chi connectivity index (χ2v) is 6.17. The average Bonchev–Trinajstić information content (AvgIpc) is 2.27. The highest BCUT2D eigenvalue weighted by molar-refractivity contribution is 5.82. The highest BCUT2D eigenvalue weighted by atomic mass is 16.2. The predicted octanol–water partition coefficient (Wildman–Crippen LogP) is 2.25. The largest absolute Gasteiger partial charge is 0.341 e. The Kier molecular flexibility index (Phi) is 5.44. The normalized spacial score (nSPS) is 20.1. The van der Waals surface area contributed by atoms with Gasteiger partial charge in [0.15, 0.2) is 0 Å². The van der Waals surface area contributed by atoms with Gasteiger partial charge in [0, 0.05) is 13.1 Å². The fourth-order valence-corrected chi connectivity index (χ4v) is 2.55. The van der Waals surface area contributed by atoms with Crippen LogP contribution in [0.4, 0.5) is 0 Å². The highest BCUT2D eigenvalue weighted by Gasteiger charge is 2.27. The Hall–Kier alpha value is -0.570. The van der Waals surface area contributed by atoms with Gasteiger partial charge in [-0.2, -0.15) is 0 Å². The van der Waals surface area contributed by atoms with E-state index in [9.17, 15) is 4.79 Å². The van der Waals surface area contributed by atoms with E-state index < -0.39 is 0 Å². The van der Waals surface area contributed by atoms with Gasteiger partial charge in [-0.1, -0.05) is 27.7 Å². The lowest BCUT2D eigenvalue weighted by atomic mass is 9.88. The summed E-state index contributed by atoms with van der Waals surface area (Å²) in [5, 5.41) is 0. The third-order valence-electron chi connectivity index (χ3n) is 3.73. The van der Waals surface area contributed by atoms with Crippen molar-refractivity contribution in [1.29, 1.82) is 0 Å². The molecule has 100 valence electrons. The van der Waals surface area contributed by atoms with Crippen molar-refractivity contribution in [3.8, 4) is 0 Å². The summed E-state index contributed by atoms with van der Waals surface area (Å²) in [7, 11) is 0. The Balaban J connectivity index is 2.39. The Morgan fingerprint density at radius 3 is 2.18 bits per heavy atom. The van der Waals surface area contributed by atoms with Crippen molar-refractivity contribution < 1.29 is 4.79 Å².